The number of aromatic nitrogens is 2. The maximum absolute atomic E-state index is 13.0. The van der Waals surface area contributed by atoms with Crippen LogP contribution in [0.4, 0.5) is 4.39 Å². The highest BCUT2D eigenvalue weighted by Crippen LogP contribution is 2.19. The first-order valence-electron chi connectivity index (χ1n) is 4.87. The fourth-order valence-electron chi connectivity index (χ4n) is 1.36. The van der Waals surface area contributed by atoms with Gasteiger partial charge < -0.3 is 9.63 Å². The van der Waals surface area contributed by atoms with Gasteiger partial charge in [-0.1, -0.05) is 5.16 Å². The lowest BCUT2D eigenvalue weighted by atomic mass is 10.1. The predicted octanol–water partition coefficient (Wildman–Crippen LogP) is 1.81. The lowest BCUT2D eigenvalue weighted by Crippen LogP contribution is -1.99. The number of hydrogen-bond acceptors (Lipinski definition) is 4. The van der Waals surface area contributed by atoms with Gasteiger partial charge in [0.15, 0.2) is 0 Å². The summed E-state index contributed by atoms with van der Waals surface area (Å²) >= 11 is 0. The zero-order valence-electron chi connectivity index (χ0n) is 8.98. The highest BCUT2D eigenvalue weighted by Gasteiger charge is 2.12. The third kappa shape index (κ3) is 2.47. The summed E-state index contributed by atoms with van der Waals surface area (Å²) in [6.07, 6.45) is -0.326. The fourth-order valence-corrected chi connectivity index (χ4v) is 1.36. The molecular formula is C11H9FN2O3. The quantitative estimate of drug-likeness (QED) is 0.879. The van der Waals surface area contributed by atoms with Gasteiger partial charge in [0.05, 0.1) is 0 Å². The first-order chi connectivity index (χ1) is 8.06. The van der Waals surface area contributed by atoms with E-state index in [-0.39, 0.29) is 24.0 Å². The molecule has 1 N–H and O–H groups in total. The van der Waals surface area contributed by atoms with E-state index in [2.05, 4.69) is 10.1 Å². The molecule has 1 heterocycles. The van der Waals surface area contributed by atoms with Crippen LogP contribution in [0, 0.1) is 12.7 Å². The Bertz CT molecular complexity index is 566. The molecule has 0 spiro atoms. The number of benzene rings is 1. The van der Waals surface area contributed by atoms with Gasteiger partial charge in [0.2, 0.25) is 11.7 Å². The lowest BCUT2D eigenvalue weighted by Gasteiger charge is -1.97. The van der Waals surface area contributed by atoms with Crippen molar-refractivity contribution in [3.63, 3.8) is 0 Å². The molecule has 17 heavy (non-hydrogen) atoms. The maximum Gasteiger partial charge on any atom is 0.312 e. The predicted molar refractivity (Wildman–Crippen MR) is 55.8 cm³/mol. The van der Waals surface area contributed by atoms with Crippen molar-refractivity contribution in [3.8, 4) is 11.4 Å². The fraction of sp³-hybridized carbons (Fsp3) is 0.182. The number of rotatable bonds is 3. The number of nitrogens with zero attached hydrogens (tertiary/aromatic N) is 2. The van der Waals surface area contributed by atoms with E-state index in [1.165, 1.54) is 12.1 Å². The molecule has 6 heteroatoms. The Labute approximate surface area is 95.9 Å². The van der Waals surface area contributed by atoms with E-state index in [4.69, 9.17) is 9.63 Å². The second-order valence-corrected chi connectivity index (χ2v) is 3.55. The minimum atomic E-state index is -1.05. The second-order valence-electron chi connectivity index (χ2n) is 3.55. The van der Waals surface area contributed by atoms with Gasteiger partial charge in [-0.3, -0.25) is 4.79 Å². The number of carboxylic acid groups (broad SMARTS) is 1. The Balaban J connectivity index is 2.30. The largest absolute Gasteiger partial charge is 0.481 e. The van der Waals surface area contributed by atoms with Gasteiger partial charge in [-0.05, 0) is 30.7 Å². The van der Waals surface area contributed by atoms with Crippen molar-refractivity contribution >= 4 is 5.97 Å². The molecule has 0 fully saturated rings. The Hall–Kier alpha value is -2.24. The van der Waals surface area contributed by atoms with Gasteiger partial charge in [-0.25, -0.2) is 4.39 Å². The number of carboxylic acids is 1. The van der Waals surface area contributed by atoms with Crippen LogP contribution in [0.15, 0.2) is 22.7 Å². The molecule has 0 bridgehead atoms. The SMILES string of the molecule is Cc1cc(-c2noc(CC(=O)O)n2)ccc1F. The normalized spacial score (nSPS) is 10.5. The molecule has 2 rings (SSSR count). The van der Waals surface area contributed by atoms with Gasteiger partial charge in [0.1, 0.15) is 12.2 Å². The third-order valence-corrected chi connectivity index (χ3v) is 2.19. The molecule has 1 aromatic carbocycles. The minimum Gasteiger partial charge on any atom is -0.481 e. The van der Waals surface area contributed by atoms with E-state index in [0.717, 1.165) is 0 Å². The van der Waals surface area contributed by atoms with Gasteiger partial charge in [0, 0.05) is 5.56 Å². The molecule has 0 saturated heterocycles. The summed E-state index contributed by atoms with van der Waals surface area (Å²) in [6.45, 7) is 1.62. The van der Waals surface area contributed by atoms with Crippen LogP contribution < -0.4 is 0 Å². The van der Waals surface area contributed by atoms with Crippen LogP contribution in [-0.4, -0.2) is 21.2 Å². The Morgan fingerprint density at radius 1 is 1.53 bits per heavy atom. The molecule has 0 atom stereocenters. The molecule has 0 radical (unpaired) electrons. The molecule has 0 amide bonds. The summed E-state index contributed by atoms with van der Waals surface area (Å²) in [7, 11) is 0. The summed E-state index contributed by atoms with van der Waals surface area (Å²) in [5, 5.41) is 12.2. The zero-order chi connectivity index (χ0) is 12.4. The van der Waals surface area contributed by atoms with Crippen molar-refractivity contribution in [1.82, 2.24) is 10.1 Å². The molecule has 0 saturated carbocycles. The monoisotopic (exact) mass is 236 g/mol. The van der Waals surface area contributed by atoms with Crippen molar-refractivity contribution in [1.29, 1.82) is 0 Å². The van der Waals surface area contributed by atoms with Crippen LogP contribution in [0.3, 0.4) is 0 Å². The Morgan fingerprint density at radius 2 is 2.29 bits per heavy atom. The molecule has 0 aliphatic carbocycles. The van der Waals surface area contributed by atoms with Crippen molar-refractivity contribution < 1.29 is 18.8 Å². The number of aryl methyl sites for hydroxylation is 1. The van der Waals surface area contributed by atoms with Gasteiger partial charge >= 0.3 is 5.97 Å². The van der Waals surface area contributed by atoms with Gasteiger partial charge in [-0.15, -0.1) is 0 Å². The highest BCUT2D eigenvalue weighted by atomic mass is 19.1. The van der Waals surface area contributed by atoms with E-state index < -0.39 is 5.97 Å². The Kier molecular flexibility index (Phi) is 2.86. The van der Waals surface area contributed by atoms with Crippen molar-refractivity contribution in [2.45, 2.75) is 13.3 Å². The topological polar surface area (TPSA) is 76.2 Å². The molecule has 88 valence electrons. The number of hydrogen-bond donors (Lipinski definition) is 1. The molecular weight excluding hydrogens is 227 g/mol. The standard InChI is InChI=1S/C11H9FN2O3/c1-6-4-7(2-3-8(6)12)11-13-9(17-14-11)5-10(15)16/h2-4H,5H2,1H3,(H,15,16). The van der Waals surface area contributed by atoms with Gasteiger partial charge in [-0.2, -0.15) is 4.98 Å². The molecule has 1 aromatic heterocycles. The molecule has 5 nitrogen and oxygen atoms in total. The lowest BCUT2D eigenvalue weighted by molar-refractivity contribution is -0.136. The first-order valence-corrected chi connectivity index (χ1v) is 4.87. The minimum absolute atomic E-state index is 0.0227. The van der Waals surface area contributed by atoms with Crippen LogP contribution in [0.2, 0.25) is 0 Å². The van der Waals surface area contributed by atoms with E-state index >= 15 is 0 Å². The molecule has 2 aromatic rings. The number of carbonyl (C=O) groups is 1. The highest BCUT2D eigenvalue weighted by molar-refractivity contribution is 5.69. The van der Waals surface area contributed by atoms with Crippen LogP contribution in [0.1, 0.15) is 11.5 Å². The van der Waals surface area contributed by atoms with E-state index in [1.54, 1.807) is 13.0 Å². The van der Waals surface area contributed by atoms with E-state index in [1.807, 2.05) is 0 Å². The zero-order valence-corrected chi connectivity index (χ0v) is 8.98. The molecule has 0 aliphatic rings. The third-order valence-electron chi connectivity index (χ3n) is 2.19. The second kappa shape index (κ2) is 4.32. The van der Waals surface area contributed by atoms with Crippen molar-refractivity contribution in [2.75, 3.05) is 0 Å². The average molecular weight is 236 g/mol. The van der Waals surface area contributed by atoms with Crippen LogP contribution in [0.25, 0.3) is 11.4 Å². The van der Waals surface area contributed by atoms with Crippen molar-refractivity contribution in [3.05, 3.63) is 35.5 Å². The smallest absolute Gasteiger partial charge is 0.312 e. The molecule has 0 aliphatic heterocycles. The summed E-state index contributed by atoms with van der Waals surface area (Å²) in [5.74, 6) is -1.09. The van der Waals surface area contributed by atoms with Crippen LogP contribution in [0.5, 0.6) is 0 Å². The van der Waals surface area contributed by atoms with Crippen LogP contribution >= 0.6 is 0 Å². The first kappa shape index (κ1) is 11.3. The molecule has 0 unspecified atom stereocenters. The summed E-state index contributed by atoms with van der Waals surface area (Å²) in [6, 6.07) is 4.39. The Morgan fingerprint density at radius 3 is 2.94 bits per heavy atom. The van der Waals surface area contributed by atoms with E-state index in [9.17, 15) is 9.18 Å². The van der Waals surface area contributed by atoms with Crippen LogP contribution in [-0.2, 0) is 11.2 Å². The van der Waals surface area contributed by atoms with Gasteiger partial charge in [0.25, 0.3) is 0 Å². The number of halogens is 1. The summed E-state index contributed by atoms with van der Waals surface area (Å²) in [4.78, 5) is 14.3. The van der Waals surface area contributed by atoms with E-state index in [0.29, 0.717) is 11.1 Å². The average Bonchev–Trinajstić information content (AvgIpc) is 2.69. The number of aliphatic carboxylic acids is 1. The maximum atomic E-state index is 13.0. The summed E-state index contributed by atoms with van der Waals surface area (Å²) in [5.41, 5.74) is 1.05. The summed E-state index contributed by atoms with van der Waals surface area (Å²) < 4.78 is 17.8. The van der Waals surface area contributed by atoms with Crippen molar-refractivity contribution in [2.24, 2.45) is 0 Å².